The Kier molecular flexibility index (Phi) is 3.56. The van der Waals surface area contributed by atoms with Crippen LogP contribution in [0.5, 0.6) is 0 Å². The van der Waals surface area contributed by atoms with Crippen molar-refractivity contribution in [2.24, 2.45) is 0 Å². The molecule has 0 unspecified atom stereocenters. The quantitative estimate of drug-likeness (QED) is 0.699. The number of nitrogens with one attached hydrogen (secondary N) is 1. The average Bonchev–Trinajstić information content (AvgIpc) is 2.48. The van der Waals surface area contributed by atoms with E-state index in [1.54, 1.807) is 7.11 Å². The zero-order chi connectivity index (χ0) is 8.10. The monoisotopic (exact) mass is 171 g/mol. The summed E-state index contributed by atoms with van der Waals surface area (Å²) in [5.74, 6) is 0. The lowest BCUT2D eigenvalue weighted by Gasteiger charge is -1.96. The van der Waals surface area contributed by atoms with Crippen molar-refractivity contribution in [3.05, 3.63) is 21.9 Å². The second-order valence-electron chi connectivity index (χ2n) is 2.25. The molecule has 0 atom stereocenters. The van der Waals surface area contributed by atoms with Gasteiger partial charge in [0.25, 0.3) is 0 Å². The fourth-order valence-electron chi connectivity index (χ4n) is 0.851. The largest absolute Gasteiger partial charge is 0.305 e. The zero-order valence-electron chi connectivity index (χ0n) is 6.89. The first kappa shape index (κ1) is 8.71. The molecule has 0 fully saturated rings. The van der Waals surface area contributed by atoms with Crippen LogP contribution in [-0.4, -0.2) is 7.11 Å². The first-order valence-corrected chi connectivity index (χ1v) is 4.52. The van der Waals surface area contributed by atoms with Crippen molar-refractivity contribution >= 4 is 11.3 Å². The molecule has 0 aromatic carbocycles. The van der Waals surface area contributed by atoms with E-state index < -0.39 is 0 Å². The van der Waals surface area contributed by atoms with Crippen molar-refractivity contribution < 1.29 is 4.84 Å². The Labute approximate surface area is 71.1 Å². The van der Waals surface area contributed by atoms with E-state index in [1.165, 1.54) is 9.75 Å². The molecule has 62 valence electrons. The number of aryl methyl sites for hydroxylation is 1. The minimum Gasteiger partial charge on any atom is -0.305 e. The van der Waals surface area contributed by atoms with E-state index in [2.05, 4.69) is 24.5 Å². The average molecular weight is 171 g/mol. The summed E-state index contributed by atoms with van der Waals surface area (Å²) in [6.45, 7) is 2.97. The number of hydrogen-bond acceptors (Lipinski definition) is 3. The first-order chi connectivity index (χ1) is 5.36. The number of rotatable bonds is 4. The Bertz CT molecular complexity index is 210. The molecule has 2 nitrogen and oxygen atoms in total. The molecule has 0 saturated carbocycles. The highest BCUT2D eigenvalue weighted by Gasteiger charge is 1.96. The molecule has 0 aliphatic heterocycles. The summed E-state index contributed by atoms with van der Waals surface area (Å²) >= 11 is 1.83. The molecule has 11 heavy (non-hydrogen) atoms. The van der Waals surface area contributed by atoms with Crippen LogP contribution in [0.1, 0.15) is 16.7 Å². The van der Waals surface area contributed by atoms with Gasteiger partial charge in [-0.15, -0.1) is 11.3 Å². The summed E-state index contributed by atoms with van der Waals surface area (Å²) in [5, 5.41) is 0. The molecule has 1 aromatic heterocycles. The lowest BCUT2D eigenvalue weighted by atomic mass is 10.4. The second-order valence-corrected chi connectivity index (χ2v) is 3.50. The highest BCUT2D eigenvalue weighted by Crippen LogP contribution is 2.16. The molecule has 1 aromatic rings. The maximum absolute atomic E-state index is 4.75. The van der Waals surface area contributed by atoms with Gasteiger partial charge in [0.15, 0.2) is 0 Å². The Morgan fingerprint density at radius 1 is 1.45 bits per heavy atom. The number of thiophene rings is 1. The zero-order valence-corrected chi connectivity index (χ0v) is 7.70. The minimum absolute atomic E-state index is 0.807. The van der Waals surface area contributed by atoms with Crippen molar-refractivity contribution in [3.63, 3.8) is 0 Å². The van der Waals surface area contributed by atoms with Gasteiger partial charge in [-0.3, -0.25) is 0 Å². The van der Waals surface area contributed by atoms with Crippen LogP contribution in [0.4, 0.5) is 0 Å². The summed E-state index contributed by atoms with van der Waals surface area (Å²) < 4.78 is 0. The third-order valence-electron chi connectivity index (χ3n) is 1.46. The van der Waals surface area contributed by atoms with Gasteiger partial charge in [0, 0.05) is 9.75 Å². The van der Waals surface area contributed by atoms with Gasteiger partial charge in [0.1, 0.15) is 0 Å². The normalized spacial score (nSPS) is 10.4. The lowest BCUT2D eigenvalue weighted by Crippen LogP contribution is -2.09. The van der Waals surface area contributed by atoms with Gasteiger partial charge >= 0.3 is 0 Å². The van der Waals surface area contributed by atoms with E-state index in [4.69, 9.17) is 4.84 Å². The molecule has 0 radical (unpaired) electrons. The molecule has 1 N–H and O–H groups in total. The predicted octanol–water partition coefficient (Wildman–Crippen LogP) is 1.96. The van der Waals surface area contributed by atoms with Gasteiger partial charge in [0.2, 0.25) is 0 Å². The number of hydroxylamine groups is 1. The van der Waals surface area contributed by atoms with E-state index in [1.807, 2.05) is 11.3 Å². The standard InChI is InChI=1S/C8H13NOS/c1-3-7-4-5-8(11-7)6-9-10-2/h4-5,9H,3,6H2,1-2H3. The fraction of sp³-hybridized carbons (Fsp3) is 0.500. The van der Waals surface area contributed by atoms with Crippen molar-refractivity contribution in [1.82, 2.24) is 5.48 Å². The minimum atomic E-state index is 0.807. The molecule has 0 amide bonds. The lowest BCUT2D eigenvalue weighted by molar-refractivity contribution is 0.0874. The van der Waals surface area contributed by atoms with Crippen LogP contribution >= 0.6 is 11.3 Å². The van der Waals surface area contributed by atoms with Crippen LogP contribution in [0.3, 0.4) is 0 Å². The first-order valence-electron chi connectivity index (χ1n) is 3.70. The highest BCUT2D eigenvalue weighted by molar-refractivity contribution is 7.11. The van der Waals surface area contributed by atoms with E-state index in [0.717, 1.165) is 13.0 Å². The van der Waals surface area contributed by atoms with E-state index in [-0.39, 0.29) is 0 Å². The summed E-state index contributed by atoms with van der Waals surface area (Å²) in [7, 11) is 1.63. The maximum atomic E-state index is 4.75. The van der Waals surface area contributed by atoms with Gasteiger partial charge in [0.05, 0.1) is 13.7 Å². The van der Waals surface area contributed by atoms with Crippen molar-refractivity contribution in [2.75, 3.05) is 7.11 Å². The molecule has 0 bridgehead atoms. The topological polar surface area (TPSA) is 21.3 Å². The Morgan fingerprint density at radius 2 is 2.18 bits per heavy atom. The third kappa shape index (κ3) is 2.61. The summed E-state index contributed by atoms with van der Waals surface area (Å²) in [6, 6.07) is 4.30. The summed E-state index contributed by atoms with van der Waals surface area (Å²) in [6.07, 6.45) is 1.12. The molecule has 0 aliphatic rings. The Morgan fingerprint density at radius 3 is 2.73 bits per heavy atom. The fourth-order valence-corrected chi connectivity index (χ4v) is 1.74. The van der Waals surface area contributed by atoms with Gasteiger partial charge in [-0.05, 0) is 18.6 Å². The molecular weight excluding hydrogens is 158 g/mol. The van der Waals surface area contributed by atoms with Crippen molar-refractivity contribution in [1.29, 1.82) is 0 Å². The van der Waals surface area contributed by atoms with Crippen molar-refractivity contribution in [2.45, 2.75) is 19.9 Å². The molecule has 1 rings (SSSR count). The summed E-state index contributed by atoms with van der Waals surface area (Å²) in [5.41, 5.74) is 2.81. The molecule has 0 spiro atoms. The Balaban J connectivity index is 2.44. The third-order valence-corrected chi connectivity index (χ3v) is 2.69. The Hall–Kier alpha value is -0.380. The molecule has 1 heterocycles. The molecular formula is C8H13NOS. The van der Waals surface area contributed by atoms with Crippen LogP contribution in [0.15, 0.2) is 12.1 Å². The second kappa shape index (κ2) is 4.49. The maximum Gasteiger partial charge on any atom is 0.0572 e. The SMILES string of the molecule is CCc1ccc(CNOC)s1. The van der Waals surface area contributed by atoms with Crippen LogP contribution in [-0.2, 0) is 17.8 Å². The molecule has 0 saturated heterocycles. The van der Waals surface area contributed by atoms with Gasteiger partial charge in [-0.25, -0.2) is 0 Å². The van der Waals surface area contributed by atoms with Gasteiger partial charge in [-0.1, -0.05) is 6.92 Å². The van der Waals surface area contributed by atoms with E-state index >= 15 is 0 Å². The number of hydrogen-bond donors (Lipinski definition) is 1. The van der Waals surface area contributed by atoms with E-state index in [0.29, 0.717) is 0 Å². The van der Waals surface area contributed by atoms with Crippen molar-refractivity contribution in [3.8, 4) is 0 Å². The van der Waals surface area contributed by atoms with Gasteiger partial charge in [-0.2, -0.15) is 5.48 Å². The van der Waals surface area contributed by atoms with Crippen LogP contribution in [0.25, 0.3) is 0 Å². The summed E-state index contributed by atoms with van der Waals surface area (Å²) in [4.78, 5) is 7.50. The van der Waals surface area contributed by atoms with Gasteiger partial charge < -0.3 is 4.84 Å². The van der Waals surface area contributed by atoms with Crippen LogP contribution in [0, 0.1) is 0 Å². The smallest absolute Gasteiger partial charge is 0.0572 e. The molecule has 0 aliphatic carbocycles. The van der Waals surface area contributed by atoms with Crippen LogP contribution < -0.4 is 5.48 Å². The highest BCUT2D eigenvalue weighted by atomic mass is 32.1. The predicted molar refractivity (Wildman–Crippen MR) is 47.5 cm³/mol. The van der Waals surface area contributed by atoms with Crippen LogP contribution in [0.2, 0.25) is 0 Å². The molecule has 3 heteroatoms. The van der Waals surface area contributed by atoms with E-state index in [9.17, 15) is 0 Å².